The number of aromatic nitrogens is 1. The van der Waals surface area contributed by atoms with Crippen LogP contribution < -0.4 is 20.8 Å². The highest BCUT2D eigenvalue weighted by Crippen LogP contribution is 2.40. The summed E-state index contributed by atoms with van der Waals surface area (Å²) in [6.45, 7) is 2.40. The summed E-state index contributed by atoms with van der Waals surface area (Å²) in [7, 11) is 1.59. The van der Waals surface area contributed by atoms with Gasteiger partial charge in [0.2, 0.25) is 5.88 Å². The van der Waals surface area contributed by atoms with Crippen molar-refractivity contribution in [2.24, 2.45) is 5.73 Å². The maximum absolute atomic E-state index is 13.6. The first kappa shape index (κ1) is 20.3. The fourth-order valence-electron chi connectivity index (χ4n) is 3.98. The second-order valence-corrected chi connectivity index (χ2v) is 7.45. The normalized spacial score (nSPS) is 15.1. The Bertz CT molecular complexity index is 1240. The molecule has 6 heteroatoms. The van der Waals surface area contributed by atoms with Gasteiger partial charge in [-0.25, -0.2) is 0 Å². The van der Waals surface area contributed by atoms with Crippen molar-refractivity contribution in [1.29, 1.82) is 5.26 Å². The molecule has 0 aliphatic carbocycles. The number of ether oxygens (including phenoxy) is 2. The molecular formula is C25H23N3O3. The van der Waals surface area contributed by atoms with Crippen LogP contribution in [0.1, 0.15) is 28.3 Å². The SMILES string of the molecule is COc1ccc(C2C(C#N)=C(N)Oc3cc(C)n(CCc4ccccc4)c(=O)c32)cc1. The number of pyridine rings is 1. The lowest BCUT2D eigenvalue weighted by Gasteiger charge is -2.27. The lowest BCUT2D eigenvalue weighted by Crippen LogP contribution is -2.33. The molecule has 0 saturated carbocycles. The van der Waals surface area contributed by atoms with E-state index in [-0.39, 0.29) is 17.0 Å². The van der Waals surface area contributed by atoms with E-state index in [0.717, 1.165) is 23.2 Å². The number of hydrogen-bond acceptors (Lipinski definition) is 5. The van der Waals surface area contributed by atoms with E-state index in [2.05, 4.69) is 6.07 Å². The molecule has 1 aliphatic heterocycles. The van der Waals surface area contributed by atoms with Gasteiger partial charge in [-0.15, -0.1) is 0 Å². The number of aryl methyl sites for hydroxylation is 2. The maximum Gasteiger partial charge on any atom is 0.258 e. The van der Waals surface area contributed by atoms with Gasteiger partial charge in [0.1, 0.15) is 23.1 Å². The first-order valence-electron chi connectivity index (χ1n) is 10.0. The lowest BCUT2D eigenvalue weighted by atomic mass is 9.84. The third kappa shape index (κ3) is 3.78. The van der Waals surface area contributed by atoms with Gasteiger partial charge in [-0.1, -0.05) is 42.5 Å². The Labute approximate surface area is 180 Å². The summed E-state index contributed by atoms with van der Waals surface area (Å²) in [6, 6.07) is 21.3. The van der Waals surface area contributed by atoms with Crippen molar-refractivity contribution in [3.63, 3.8) is 0 Å². The van der Waals surface area contributed by atoms with E-state index in [0.29, 0.717) is 23.6 Å². The molecule has 0 radical (unpaired) electrons. The number of hydrogen-bond donors (Lipinski definition) is 1. The first-order chi connectivity index (χ1) is 15.0. The van der Waals surface area contributed by atoms with Crippen LogP contribution in [0, 0.1) is 18.3 Å². The summed E-state index contributed by atoms with van der Waals surface area (Å²) < 4.78 is 12.7. The maximum atomic E-state index is 13.6. The monoisotopic (exact) mass is 413 g/mol. The quantitative estimate of drug-likeness (QED) is 0.690. The van der Waals surface area contributed by atoms with E-state index in [1.165, 1.54) is 0 Å². The van der Waals surface area contributed by atoms with Gasteiger partial charge in [-0.3, -0.25) is 4.79 Å². The second-order valence-electron chi connectivity index (χ2n) is 7.45. The highest BCUT2D eigenvalue weighted by molar-refractivity contribution is 5.55. The molecule has 0 spiro atoms. The number of methoxy groups -OCH3 is 1. The fraction of sp³-hybridized carbons (Fsp3) is 0.200. The number of benzene rings is 2. The molecule has 2 N–H and O–H groups in total. The molecular weight excluding hydrogens is 390 g/mol. The van der Waals surface area contributed by atoms with E-state index in [9.17, 15) is 10.1 Å². The number of fused-ring (bicyclic) bond motifs is 1. The summed E-state index contributed by atoms with van der Waals surface area (Å²) in [6.07, 6.45) is 0.720. The number of rotatable bonds is 5. The highest BCUT2D eigenvalue weighted by atomic mass is 16.5. The summed E-state index contributed by atoms with van der Waals surface area (Å²) in [5, 5.41) is 9.78. The molecule has 156 valence electrons. The van der Waals surface area contributed by atoms with Gasteiger partial charge in [0.25, 0.3) is 5.56 Å². The van der Waals surface area contributed by atoms with Gasteiger partial charge in [0, 0.05) is 18.3 Å². The molecule has 1 atom stereocenters. The zero-order valence-corrected chi connectivity index (χ0v) is 17.5. The van der Waals surface area contributed by atoms with Crippen molar-refractivity contribution in [2.45, 2.75) is 25.8 Å². The van der Waals surface area contributed by atoms with Crippen LogP contribution in [0.25, 0.3) is 0 Å². The minimum atomic E-state index is -0.601. The number of nitrogens with two attached hydrogens (primary N) is 1. The van der Waals surface area contributed by atoms with E-state index in [1.54, 1.807) is 23.8 Å². The Morgan fingerprint density at radius 2 is 1.87 bits per heavy atom. The molecule has 2 aromatic carbocycles. The topological polar surface area (TPSA) is 90.3 Å². The smallest absolute Gasteiger partial charge is 0.258 e. The van der Waals surface area contributed by atoms with Crippen molar-refractivity contribution in [3.05, 3.63) is 105 Å². The Morgan fingerprint density at radius 1 is 1.16 bits per heavy atom. The van der Waals surface area contributed by atoms with Crippen LogP contribution in [0.2, 0.25) is 0 Å². The number of nitriles is 1. The van der Waals surface area contributed by atoms with Gasteiger partial charge in [-0.2, -0.15) is 5.26 Å². The van der Waals surface area contributed by atoms with Crippen molar-refractivity contribution in [3.8, 4) is 17.6 Å². The van der Waals surface area contributed by atoms with Crippen LogP contribution in [0.5, 0.6) is 11.5 Å². The fourth-order valence-corrected chi connectivity index (χ4v) is 3.98. The molecule has 1 unspecified atom stereocenters. The third-order valence-electron chi connectivity index (χ3n) is 5.61. The minimum absolute atomic E-state index is 0.0247. The Kier molecular flexibility index (Phi) is 5.50. The lowest BCUT2D eigenvalue weighted by molar-refractivity contribution is 0.388. The molecule has 0 saturated heterocycles. The van der Waals surface area contributed by atoms with Crippen LogP contribution >= 0.6 is 0 Å². The van der Waals surface area contributed by atoms with Crippen LogP contribution in [-0.4, -0.2) is 11.7 Å². The second kappa shape index (κ2) is 8.41. The average molecular weight is 413 g/mol. The molecule has 0 fully saturated rings. The van der Waals surface area contributed by atoms with E-state index in [1.807, 2.05) is 55.5 Å². The summed E-state index contributed by atoms with van der Waals surface area (Å²) >= 11 is 0. The Hall–Kier alpha value is -3.98. The molecule has 0 bridgehead atoms. The van der Waals surface area contributed by atoms with Gasteiger partial charge in [0.05, 0.1) is 18.6 Å². The molecule has 31 heavy (non-hydrogen) atoms. The van der Waals surface area contributed by atoms with E-state index in [4.69, 9.17) is 15.2 Å². The Balaban J connectivity index is 1.82. The Morgan fingerprint density at radius 3 is 2.52 bits per heavy atom. The number of allylic oxidation sites excluding steroid dienone is 1. The molecule has 1 aromatic heterocycles. The van der Waals surface area contributed by atoms with Crippen molar-refractivity contribution < 1.29 is 9.47 Å². The van der Waals surface area contributed by atoms with Crippen LogP contribution in [0.15, 0.2) is 76.9 Å². The van der Waals surface area contributed by atoms with Crippen LogP contribution in [0.4, 0.5) is 0 Å². The largest absolute Gasteiger partial charge is 0.497 e. The predicted molar refractivity (Wildman–Crippen MR) is 118 cm³/mol. The van der Waals surface area contributed by atoms with Gasteiger partial charge in [-0.05, 0) is 36.6 Å². The zero-order chi connectivity index (χ0) is 22.0. The predicted octanol–water partition coefficient (Wildman–Crippen LogP) is 3.63. The summed E-state index contributed by atoms with van der Waals surface area (Å²) in [5.74, 6) is 0.513. The van der Waals surface area contributed by atoms with Crippen LogP contribution in [0.3, 0.4) is 0 Å². The molecule has 4 rings (SSSR count). The summed E-state index contributed by atoms with van der Waals surface area (Å²) in [5.41, 5.74) is 9.25. The standard InChI is InChI=1S/C25H23N3O3/c1-16-14-21-23(25(29)28(16)13-12-17-6-4-3-5-7-17)22(20(15-26)24(27)31-21)18-8-10-19(30-2)11-9-18/h3-11,14,22H,12-13,27H2,1-2H3. The third-order valence-corrected chi connectivity index (χ3v) is 5.61. The van der Waals surface area contributed by atoms with Crippen LogP contribution in [-0.2, 0) is 13.0 Å². The molecule has 0 amide bonds. The molecule has 2 heterocycles. The molecule has 6 nitrogen and oxygen atoms in total. The summed E-state index contributed by atoms with van der Waals surface area (Å²) in [4.78, 5) is 13.6. The highest BCUT2D eigenvalue weighted by Gasteiger charge is 2.34. The average Bonchev–Trinajstić information content (AvgIpc) is 2.79. The van der Waals surface area contributed by atoms with Gasteiger partial charge in [0.15, 0.2) is 0 Å². The van der Waals surface area contributed by atoms with Crippen molar-refractivity contribution >= 4 is 0 Å². The van der Waals surface area contributed by atoms with E-state index >= 15 is 0 Å². The first-order valence-corrected chi connectivity index (χ1v) is 10.0. The zero-order valence-electron chi connectivity index (χ0n) is 17.5. The van der Waals surface area contributed by atoms with Crippen molar-refractivity contribution in [1.82, 2.24) is 4.57 Å². The minimum Gasteiger partial charge on any atom is -0.497 e. The van der Waals surface area contributed by atoms with Crippen molar-refractivity contribution in [2.75, 3.05) is 7.11 Å². The molecule has 3 aromatic rings. The number of nitrogens with zero attached hydrogens (tertiary/aromatic N) is 2. The van der Waals surface area contributed by atoms with E-state index < -0.39 is 5.92 Å². The molecule has 1 aliphatic rings. The van der Waals surface area contributed by atoms with Gasteiger partial charge < -0.3 is 19.8 Å². The van der Waals surface area contributed by atoms with Gasteiger partial charge >= 0.3 is 0 Å².